The average Bonchev–Trinajstić information content (AvgIpc) is 2.51. The van der Waals surface area contributed by atoms with Crippen LogP contribution in [0.25, 0.3) is 0 Å². The highest BCUT2D eigenvalue weighted by atomic mass is 16.4. The Balaban J connectivity index is 0. The van der Waals surface area contributed by atoms with Crippen molar-refractivity contribution in [2.45, 2.75) is 89.6 Å². The summed E-state index contributed by atoms with van der Waals surface area (Å²) in [5, 5.41) is 53.0. The van der Waals surface area contributed by atoms with Crippen LogP contribution in [0, 0.1) is 0 Å². The molecule has 0 aromatic heterocycles. The Morgan fingerprint density at radius 3 is 1.82 bits per heavy atom. The fourth-order valence-corrected chi connectivity index (χ4v) is 1.84. The van der Waals surface area contributed by atoms with Gasteiger partial charge in [-0.25, -0.2) is 0 Å². The maximum Gasteiger partial charge on any atom is 0.105 e. The second-order valence-corrected chi connectivity index (χ2v) is 5.70. The van der Waals surface area contributed by atoms with Crippen molar-refractivity contribution in [1.29, 1.82) is 0 Å². The lowest BCUT2D eigenvalue weighted by Gasteiger charge is -2.19. The molecule has 4 unspecified atom stereocenters. The monoisotopic (exact) mass is 324 g/mol. The van der Waals surface area contributed by atoms with Crippen molar-refractivity contribution >= 4 is 0 Å². The largest absolute Gasteiger partial charge is 0.396 e. The van der Waals surface area contributed by atoms with Gasteiger partial charge in [0.05, 0.1) is 24.9 Å². The normalized spacial score (nSPS) is 16.4. The molecule has 0 radical (unpaired) electrons. The molecule has 0 aromatic rings. The van der Waals surface area contributed by atoms with Crippen LogP contribution in [-0.2, 0) is 0 Å². The molecule has 0 aliphatic carbocycles. The van der Waals surface area contributed by atoms with Crippen molar-refractivity contribution in [2.24, 2.45) is 0 Å². The van der Waals surface area contributed by atoms with Crippen LogP contribution in [0.2, 0.25) is 0 Å². The van der Waals surface area contributed by atoms with Gasteiger partial charge in [0.2, 0.25) is 0 Å². The summed E-state index contributed by atoms with van der Waals surface area (Å²) in [4.78, 5) is 0. The van der Waals surface area contributed by atoms with Crippen LogP contribution >= 0.6 is 0 Å². The third kappa shape index (κ3) is 16.1. The third-order valence-corrected chi connectivity index (χ3v) is 3.40. The Bertz CT molecular complexity index is 213. The van der Waals surface area contributed by atoms with Gasteiger partial charge in [-0.05, 0) is 26.2 Å². The number of hydrogen-bond donors (Lipinski definition) is 6. The van der Waals surface area contributed by atoms with E-state index in [1.165, 1.54) is 6.92 Å². The van der Waals surface area contributed by atoms with Crippen LogP contribution < -0.4 is 0 Å². The van der Waals surface area contributed by atoms with Crippen molar-refractivity contribution in [1.82, 2.24) is 0 Å². The van der Waals surface area contributed by atoms with E-state index >= 15 is 0 Å². The summed E-state index contributed by atoms with van der Waals surface area (Å²) >= 11 is 0. The van der Waals surface area contributed by atoms with Gasteiger partial charge < -0.3 is 30.6 Å². The molecule has 0 aliphatic heterocycles. The fraction of sp³-hybridized carbons (Fsp3) is 1.00. The molecule has 0 rings (SSSR count). The first kappa shape index (κ1) is 24.0. The van der Waals surface area contributed by atoms with E-state index in [-0.39, 0.29) is 13.2 Å². The molecule has 0 heterocycles. The second-order valence-electron chi connectivity index (χ2n) is 5.70. The molecule has 0 bridgehead atoms. The van der Waals surface area contributed by atoms with E-state index in [0.717, 1.165) is 38.5 Å². The van der Waals surface area contributed by atoms with Crippen molar-refractivity contribution < 1.29 is 30.6 Å². The maximum absolute atomic E-state index is 9.21. The number of rotatable bonds is 12. The molecule has 0 aromatic carbocycles. The minimum atomic E-state index is -0.999. The highest BCUT2D eigenvalue weighted by Crippen LogP contribution is 2.07. The number of aliphatic hydroxyl groups is 6. The van der Waals surface area contributed by atoms with Crippen molar-refractivity contribution in [3.63, 3.8) is 0 Å². The lowest BCUT2D eigenvalue weighted by molar-refractivity contribution is -0.0548. The SMILES string of the molecule is CCCCC(O)C(O)C(C)O.OCCCCCCC(O)CO. The molecular weight excluding hydrogens is 288 g/mol. The van der Waals surface area contributed by atoms with Gasteiger partial charge in [-0.3, -0.25) is 0 Å². The molecule has 6 nitrogen and oxygen atoms in total. The summed E-state index contributed by atoms with van der Waals surface area (Å²) in [5.41, 5.74) is 0. The molecule has 0 amide bonds. The molecule has 22 heavy (non-hydrogen) atoms. The lowest BCUT2D eigenvalue weighted by Crippen LogP contribution is -2.35. The molecule has 0 spiro atoms. The lowest BCUT2D eigenvalue weighted by atomic mass is 10.0. The fourth-order valence-electron chi connectivity index (χ4n) is 1.84. The second kappa shape index (κ2) is 17.1. The summed E-state index contributed by atoms with van der Waals surface area (Å²) in [6, 6.07) is 0. The number of hydrogen-bond acceptors (Lipinski definition) is 6. The molecule has 6 N–H and O–H groups in total. The average molecular weight is 324 g/mol. The van der Waals surface area contributed by atoms with Crippen LogP contribution in [0.3, 0.4) is 0 Å². The highest BCUT2D eigenvalue weighted by Gasteiger charge is 2.19. The Morgan fingerprint density at radius 2 is 1.36 bits per heavy atom. The van der Waals surface area contributed by atoms with E-state index in [2.05, 4.69) is 0 Å². The zero-order valence-corrected chi connectivity index (χ0v) is 14.1. The summed E-state index contributed by atoms with van der Waals surface area (Å²) in [6.07, 6.45) is 3.73. The minimum Gasteiger partial charge on any atom is -0.396 e. The van der Waals surface area contributed by atoms with Crippen LogP contribution in [0.15, 0.2) is 0 Å². The van der Waals surface area contributed by atoms with Crippen molar-refractivity contribution in [3.8, 4) is 0 Å². The maximum atomic E-state index is 9.21. The van der Waals surface area contributed by atoms with Gasteiger partial charge in [0, 0.05) is 6.61 Å². The van der Waals surface area contributed by atoms with Gasteiger partial charge in [0.25, 0.3) is 0 Å². The Morgan fingerprint density at radius 1 is 0.773 bits per heavy atom. The zero-order chi connectivity index (χ0) is 17.4. The Kier molecular flexibility index (Phi) is 18.7. The van der Waals surface area contributed by atoms with Crippen LogP contribution in [0.5, 0.6) is 0 Å². The van der Waals surface area contributed by atoms with Crippen LogP contribution in [-0.4, -0.2) is 68.3 Å². The zero-order valence-electron chi connectivity index (χ0n) is 14.1. The minimum absolute atomic E-state index is 0.139. The third-order valence-electron chi connectivity index (χ3n) is 3.40. The quantitative estimate of drug-likeness (QED) is 0.292. The topological polar surface area (TPSA) is 121 Å². The molecular formula is C16H36O6. The van der Waals surface area contributed by atoms with E-state index in [0.29, 0.717) is 12.8 Å². The van der Waals surface area contributed by atoms with Crippen LogP contribution in [0.1, 0.15) is 65.2 Å². The van der Waals surface area contributed by atoms with E-state index in [1.54, 1.807) is 0 Å². The Labute approximate surface area is 134 Å². The molecule has 4 atom stereocenters. The van der Waals surface area contributed by atoms with Gasteiger partial charge in [-0.1, -0.05) is 39.0 Å². The van der Waals surface area contributed by atoms with Crippen molar-refractivity contribution in [2.75, 3.05) is 13.2 Å². The van der Waals surface area contributed by atoms with E-state index in [4.69, 9.17) is 25.5 Å². The Hall–Kier alpha value is -0.240. The van der Waals surface area contributed by atoms with Gasteiger partial charge in [0.15, 0.2) is 0 Å². The van der Waals surface area contributed by atoms with Crippen molar-refractivity contribution in [3.05, 3.63) is 0 Å². The first-order chi connectivity index (χ1) is 10.4. The first-order valence-corrected chi connectivity index (χ1v) is 8.34. The van der Waals surface area contributed by atoms with Gasteiger partial charge in [-0.15, -0.1) is 0 Å². The number of aliphatic hydroxyl groups excluding tert-OH is 6. The predicted octanol–water partition coefficient (Wildman–Crippen LogP) is 0.562. The van der Waals surface area contributed by atoms with Gasteiger partial charge in [-0.2, -0.15) is 0 Å². The van der Waals surface area contributed by atoms with Gasteiger partial charge in [0.1, 0.15) is 6.10 Å². The van der Waals surface area contributed by atoms with Crippen LogP contribution in [0.4, 0.5) is 0 Å². The summed E-state index contributed by atoms with van der Waals surface area (Å²) in [7, 11) is 0. The van der Waals surface area contributed by atoms with E-state index in [9.17, 15) is 5.11 Å². The predicted molar refractivity (Wildman–Crippen MR) is 86.5 cm³/mol. The molecule has 0 fully saturated rings. The highest BCUT2D eigenvalue weighted by molar-refractivity contribution is 4.71. The standard InChI is InChI=1S/2C8H18O3/c1-3-4-5-7(10)8(11)6(2)9;9-6-4-2-1-3-5-8(11)7-10/h6-11H,3-5H2,1-2H3;8-11H,1-7H2. The van der Waals surface area contributed by atoms with E-state index < -0.39 is 24.4 Å². The molecule has 0 aliphatic rings. The number of unbranched alkanes of at least 4 members (excludes halogenated alkanes) is 4. The summed E-state index contributed by atoms with van der Waals surface area (Å²) in [6.45, 7) is 3.60. The molecule has 0 saturated carbocycles. The summed E-state index contributed by atoms with van der Waals surface area (Å²) in [5.74, 6) is 0. The first-order valence-electron chi connectivity index (χ1n) is 8.34. The van der Waals surface area contributed by atoms with Gasteiger partial charge >= 0.3 is 0 Å². The summed E-state index contributed by atoms with van der Waals surface area (Å²) < 4.78 is 0. The molecule has 6 heteroatoms. The van der Waals surface area contributed by atoms with E-state index in [1.807, 2.05) is 6.92 Å². The molecule has 136 valence electrons. The molecule has 0 saturated heterocycles. The smallest absolute Gasteiger partial charge is 0.105 e.